The van der Waals surface area contributed by atoms with Crippen molar-refractivity contribution in [1.29, 1.82) is 0 Å². The van der Waals surface area contributed by atoms with Crippen LogP contribution in [0, 0.1) is 6.92 Å². The Hall–Kier alpha value is -1.91. The maximum absolute atomic E-state index is 5.71. The Morgan fingerprint density at radius 3 is 2.86 bits per heavy atom. The van der Waals surface area contributed by atoms with Gasteiger partial charge in [-0.2, -0.15) is 0 Å². The molecule has 0 amide bonds. The van der Waals surface area contributed by atoms with Crippen molar-refractivity contribution in [1.82, 2.24) is 10.4 Å². The second-order valence-electron chi connectivity index (χ2n) is 5.28. The second-order valence-corrected chi connectivity index (χ2v) is 5.28. The molecule has 4 nitrogen and oxygen atoms in total. The fraction of sp³-hybridized carbons (Fsp3) is 0.353. The highest BCUT2D eigenvalue weighted by Crippen LogP contribution is 2.22. The summed E-state index contributed by atoms with van der Waals surface area (Å²) in [6, 6.07) is 10.5. The van der Waals surface area contributed by atoms with Gasteiger partial charge in [-0.05, 0) is 49.4 Å². The minimum absolute atomic E-state index is 0.209. The zero-order valence-corrected chi connectivity index (χ0v) is 12.7. The smallest absolute Gasteiger partial charge is 0.122 e. The lowest BCUT2D eigenvalue weighted by molar-refractivity contribution is 0.403. The predicted molar refractivity (Wildman–Crippen MR) is 85.1 cm³/mol. The first-order chi connectivity index (χ1) is 10.2. The van der Waals surface area contributed by atoms with Gasteiger partial charge in [0.2, 0.25) is 0 Å². The molecule has 0 bridgehead atoms. The van der Waals surface area contributed by atoms with E-state index in [1.807, 2.05) is 18.3 Å². The van der Waals surface area contributed by atoms with Gasteiger partial charge in [-0.1, -0.05) is 23.8 Å². The van der Waals surface area contributed by atoms with E-state index in [2.05, 4.69) is 35.5 Å². The minimum Gasteiger partial charge on any atom is -0.496 e. The quantitative estimate of drug-likeness (QED) is 0.606. The average Bonchev–Trinajstić information content (AvgIpc) is 2.52. The average molecular weight is 285 g/mol. The molecule has 0 spiro atoms. The SMILES string of the molecule is COc1ccc(C)cc1CC(CCc1cccnc1)NN. The fourth-order valence-electron chi connectivity index (χ4n) is 2.46. The standard InChI is InChI=1S/C17H23N3O/c1-13-5-8-17(21-2)15(10-13)11-16(20-18)7-6-14-4-3-9-19-12-14/h3-5,8-10,12,16,20H,6-7,11,18H2,1-2H3. The molecular formula is C17H23N3O. The molecule has 1 heterocycles. The fourth-order valence-corrected chi connectivity index (χ4v) is 2.46. The van der Waals surface area contributed by atoms with Gasteiger partial charge in [-0.3, -0.25) is 16.3 Å². The molecule has 1 atom stereocenters. The summed E-state index contributed by atoms with van der Waals surface area (Å²) in [5, 5.41) is 0. The number of aryl methyl sites for hydroxylation is 2. The zero-order chi connectivity index (χ0) is 15.1. The molecule has 0 aliphatic carbocycles. The van der Waals surface area contributed by atoms with Crippen molar-refractivity contribution in [2.45, 2.75) is 32.2 Å². The van der Waals surface area contributed by atoms with Crippen molar-refractivity contribution in [3.05, 3.63) is 59.4 Å². The van der Waals surface area contributed by atoms with Crippen molar-refractivity contribution in [2.75, 3.05) is 7.11 Å². The van der Waals surface area contributed by atoms with E-state index in [-0.39, 0.29) is 6.04 Å². The Balaban J connectivity index is 2.00. The van der Waals surface area contributed by atoms with Crippen LogP contribution in [-0.2, 0) is 12.8 Å². The third kappa shape index (κ3) is 4.55. The number of nitrogens with two attached hydrogens (primary N) is 1. The van der Waals surface area contributed by atoms with Gasteiger partial charge in [-0.15, -0.1) is 0 Å². The van der Waals surface area contributed by atoms with Gasteiger partial charge in [-0.25, -0.2) is 0 Å². The van der Waals surface area contributed by atoms with Crippen LogP contribution in [0.5, 0.6) is 5.75 Å². The molecule has 112 valence electrons. The van der Waals surface area contributed by atoms with Gasteiger partial charge in [0.05, 0.1) is 7.11 Å². The number of pyridine rings is 1. The van der Waals surface area contributed by atoms with E-state index in [0.717, 1.165) is 25.0 Å². The molecule has 0 saturated carbocycles. The Bertz CT molecular complexity index is 557. The summed E-state index contributed by atoms with van der Waals surface area (Å²) in [6.07, 6.45) is 6.46. The molecule has 0 aliphatic rings. The monoisotopic (exact) mass is 285 g/mol. The van der Waals surface area contributed by atoms with E-state index >= 15 is 0 Å². The van der Waals surface area contributed by atoms with E-state index in [4.69, 9.17) is 10.6 Å². The summed E-state index contributed by atoms with van der Waals surface area (Å²) in [5.74, 6) is 6.63. The zero-order valence-electron chi connectivity index (χ0n) is 12.7. The molecule has 3 N–H and O–H groups in total. The van der Waals surface area contributed by atoms with Crippen LogP contribution in [0.3, 0.4) is 0 Å². The number of ether oxygens (including phenoxy) is 1. The van der Waals surface area contributed by atoms with E-state index < -0.39 is 0 Å². The summed E-state index contributed by atoms with van der Waals surface area (Å²) in [7, 11) is 1.70. The van der Waals surface area contributed by atoms with Crippen LogP contribution in [-0.4, -0.2) is 18.1 Å². The summed E-state index contributed by atoms with van der Waals surface area (Å²) in [6.45, 7) is 2.09. The van der Waals surface area contributed by atoms with Gasteiger partial charge in [0.25, 0.3) is 0 Å². The topological polar surface area (TPSA) is 60.2 Å². The highest BCUT2D eigenvalue weighted by Gasteiger charge is 2.12. The van der Waals surface area contributed by atoms with Crippen LogP contribution in [0.25, 0.3) is 0 Å². The van der Waals surface area contributed by atoms with Crippen molar-refractivity contribution >= 4 is 0 Å². The first-order valence-corrected chi connectivity index (χ1v) is 7.21. The van der Waals surface area contributed by atoms with E-state index in [9.17, 15) is 0 Å². The lowest BCUT2D eigenvalue weighted by atomic mass is 9.98. The van der Waals surface area contributed by atoms with Crippen LogP contribution in [0.15, 0.2) is 42.7 Å². The lowest BCUT2D eigenvalue weighted by Gasteiger charge is -2.18. The molecule has 21 heavy (non-hydrogen) atoms. The van der Waals surface area contributed by atoms with Crippen molar-refractivity contribution in [3.63, 3.8) is 0 Å². The third-order valence-corrected chi connectivity index (χ3v) is 3.64. The Morgan fingerprint density at radius 2 is 2.19 bits per heavy atom. The van der Waals surface area contributed by atoms with Crippen LogP contribution in [0.1, 0.15) is 23.1 Å². The highest BCUT2D eigenvalue weighted by molar-refractivity contribution is 5.37. The summed E-state index contributed by atoms with van der Waals surface area (Å²) < 4.78 is 5.43. The number of aromatic nitrogens is 1. The molecule has 1 aromatic heterocycles. The van der Waals surface area contributed by atoms with Crippen molar-refractivity contribution < 1.29 is 4.74 Å². The number of hydrogen-bond acceptors (Lipinski definition) is 4. The number of nitrogens with one attached hydrogen (secondary N) is 1. The Kier molecular flexibility index (Phi) is 5.72. The largest absolute Gasteiger partial charge is 0.496 e. The van der Waals surface area contributed by atoms with Crippen LogP contribution in [0.2, 0.25) is 0 Å². The molecule has 0 saturated heterocycles. The molecule has 1 unspecified atom stereocenters. The molecule has 0 radical (unpaired) electrons. The number of nitrogens with zero attached hydrogens (tertiary/aromatic N) is 1. The van der Waals surface area contributed by atoms with Crippen molar-refractivity contribution in [2.24, 2.45) is 5.84 Å². The minimum atomic E-state index is 0.209. The normalized spacial score (nSPS) is 12.1. The molecule has 2 aromatic rings. The number of benzene rings is 1. The number of hydrogen-bond donors (Lipinski definition) is 2. The van der Waals surface area contributed by atoms with Crippen molar-refractivity contribution in [3.8, 4) is 5.75 Å². The second kappa shape index (κ2) is 7.76. The van der Waals surface area contributed by atoms with Gasteiger partial charge in [0, 0.05) is 18.4 Å². The van der Waals surface area contributed by atoms with Gasteiger partial charge >= 0.3 is 0 Å². The lowest BCUT2D eigenvalue weighted by Crippen LogP contribution is -2.37. The molecule has 2 rings (SSSR count). The number of rotatable bonds is 7. The van der Waals surface area contributed by atoms with Crippen LogP contribution < -0.4 is 16.0 Å². The maximum atomic E-state index is 5.71. The Labute approximate surface area is 126 Å². The van der Waals surface area contributed by atoms with E-state index in [1.165, 1.54) is 16.7 Å². The maximum Gasteiger partial charge on any atom is 0.122 e. The van der Waals surface area contributed by atoms with Gasteiger partial charge < -0.3 is 4.74 Å². The highest BCUT2D eigenvalue weighted by atomic mass is 16.5. The van der Waals surface area contributed by atoms with Gasteiger partial charge in [0.15, 0.2) is 0 Å². The van der Waals surface area contributed by atoms with Crippen LogP contribution in [0.4, 0.5) is 0 Å². The molecule has 4 heteroatoms. The predicted octanol–water partition coefficient (Wildman–Crippen LogP) is 2.41. The van der Waals surface area contributed by atoms with Gasteiger partial charge in [0.1, 0.15) is 5.75 Å². The molecule has 0 fully saturated rings. The first kappa shape index (κ1) is 15.5. The van der Waals surface area contributed by atoms with E-state index in [1.54, 1.807) is 13.3 Å². The third-order valence-electron chi connectivity index (χ3n) is 3.64. The molecule has 1 aromatic carbocycles. The number of hydrazine groups is 1. The summed E-state index contributed by atoms with van der Waals surface area (Å²) in [4.78, 5) is 4.14. The molecule has 0 aliphatic heterocycles. The number of methoxy groups -OCH3 is 1. The molecular weight excluding hydrogens is 262 g/mol. The summed E-state index contributed by atoms with van der Waals surface area (Å²) in [5.41, 5.74) is 6.56. The first-order valence-electron chi connectivity index (χ1n) is 7.21. The summed E-state index contributed by atoms with van der Waals surface area (Å²) >= 11 is 0. The van der Waals surface area contributed by atoms with Crippen LogP contribution >= 0.6 is 0 Å². The Morgan fingerprint density at radius 1 is 1.33 bits per heavy atom. The van der Waals surface area contributed by atoms with E-state index in [0.29, 0.717) is 0 Å².